The minimum Gasteiger partial charge on any atom is -0.457 e. The van der Waals surface area contributed by atoms with E-state index in [2.05, 4.69) is 32.6 Å². The van der Waals surface area contributed by atoms with Crippen molar-refractivity contribution in [3.05, 3.63) is 24.3 Å². The van der Waals surface area contributed by atoms with Crippen molar-refractivity contribution in [2.45, 2.75) is 103 Å². The molecule has 4 aliphatic carbocycles. The van der Waals surface area contributed by atoms with Crippen LogP contribution >= 0.6 is 0 Å². The number of rotatable bonds is 4. The smallest absolute Gasteiger partial charge is 0.303 e. The van der Waals surface area contributed by atoms with Crippen molar-refractivity contribution >= 4 is 5.97 Å². The lowest BCUT2D eigenvalue weighted by molar-refractivity contribution is -0.286. The summed E-state index contributed by atoms with van der Waals surface area (Å²) in [5, 5.41) is 20.9. The van der Waals surface area contributed by atoms with E-state index in [1.807, 2.05) is 0 Å². The van der Waals surface area contributed by atoms with E-state index in [1.165, 1.54) is 38.2 Å². The molecular weight excluding hydrogens is 432 g/mol. The lowest BCUT2D eigenvalue weighted by Gasteiger charge is -2.58. The highest BCUT2D eigenvalue weighted by Crippen LogP contribution is 2.66. The maximum Gasteiger partial charge on any atom is 0.303 e. The van der Waals surface area contributed by atoms with Crippen LogP contribution in [0, 0.1) is 34.5 Å². The summed E-state index contributed by atoms with van der Waals surface area (Å²) < 4.78 is 16.9. The molecule has 2 N–H and O–H groups in total. The van der Waals surface area contributed by atoms with Gasteiger partial charge in [-0.15, -0.1) is 6.58 Å². The molecular formula is C28H42O6. The number of carbonyl (C=O) groups is 1. The zero-order valence-electron chi connectivity index (χ0n) is 20.9. The molecule has 0 aromatic rings. The van der Waals surface area contributed by atoms with Crippen LogP contribution in [-0.4, -0.2) is 53.5 Å². The minimum absolute atomic E-state index is 0.0191. The maximum absolute atomic E-state index is 11.2. The predicted octanol–water partition coefficient (Wildman–Crippen LogP) is 4.15. The molecule has 0 amide bonds. The first-order valence-corrected chi connectivity index (χ1v) is 13.3. The second-order valence-electron chi connectivity index (χ2n) is 12.1. The summed E-state index contributed by atoms with van der Waals surface area (Å²) in [7, 11) is 0. The summed E-state index contributed by atoms with van der Waals surface area (Å²) in [6.45, 7) is 10.5. The van der Waals surface area contributed by atoms with Crippen molar-refractivity contribution in [3.63, 3.8) is 0 Å². The zero-order chi connectivity index (χ0) is 24.3. The largest absolute Gasteiger partial charge is 0.457 e. The maximum atomic E-state index is 11.2. The summed E-state index contributed by atoms with van der Waals surface area (Å²) in [6, 6.07) is 0. The Labute approximate surface area is 203 Å². The number of hydrogen-bond acceptors (Lipinski definition) is 6. The van der Waals surface area contributed by atoms with Crippen molar-refractivity contribution in [3.8, 4) is 0 Å². The highest BCUT2D eigenvalue weighted by Gasteiger charge is 2.58. The molecule has 6 heteroatoms. The van der Waals surface area contributed by atoms with Crippen molar-refractivity contribution < 1.29 is 29.2 Å². The normalized spacial score (nSPS) is 50.4. The number of carbonyl (C=O) groups excluding carboxylic acids is 1. The van der Waals surface area contributed by atoms with Gasteiger partial charge in [0.1, 0.15) is 12.2 Å². The third kappa shape index (κ3) is 3.89. The van der Waals surface area contributed by atoms with Crippen LogP contribution in [0.3, 0.4) is 0 Å². The van der Waals surface area contributed by atoms with E-state index in [9.17, 15) is 15.0 Å². The molecule has 0 unspecified atom stereocenters. The first-order chi connectivity index (χ1) is 16.2. The quantitative estimate of drug-likeness (QED) is 0.470. The van der Waals surface area contributed by atoms with Gasteiger partial charge in [-0.3, -0.25) is 4.79 Å². The van der Waals surface area contributed by atoms with Crippen molar-refractivity contribution in [2.24, 2.45) is 34.5 Å². The third-order valence-corrected chi connectivity index (χ3v) is 10.5. The fourth-order valence-corrected chi connectivity index (χ4v) is 8.57. The Morgan fingerprint density at radius 1 is 1.15 bits per heavy atom. The van der Waals surface area contributed by atoms with Crippen LogP contribution in [0.15, 0.2) is 24.3 Å². The number of aliphatic hydroxyl groups excluding tert-OH is 2. The second kappa shape index (κ2) is 9.02. The van der Waals surface area contributed by atoms with Crippen molar-refractivity contribution in [2.75, 3.05) is 6.61 Å². The Kier molecular flexibility index (Phi) is 6.50. The molecule has 190 valence electrons. The van der Waals surface area contributed by atoms with E-state index >= 15 is 0 Å². The molecule has 4 fully saturated rings. The van der Waals surface area contributed by atoms with Crippen LogP contribution in [0.25, 0.3) is 0 Å². The molecule has 5 aliphatic rings. The molecule has 34 heavy (non-hydrogen) atoms. The summed E-state index contributed by atoms with van der Waals surface area (Å²) in [6.07, 6.45) is 9.73. The van der Waals surface area contributed by atoms with E-state index in [-0.39, 0.29) is 18.1 Å². The fraction of sp³-hybridized carbons (Fsp3) is 0.821. The highest BCUT2D eigenvalue weighted by molar-refractivity contribution is 5.66. The molecule has 6 nitrogen and oxygen atoms in total. The number of fused-ring (bicyclic) bond motifs is 5. The lowest BCUT2D eigenvalue weighted by Crippen LogP contribution is -2.56. The molecule has 0 bridgehead atoms. The van der Waals surface area contributed by atoms with Crippen LogP contribution in [0.2, 0.25) is 0 Å². The van der Waals surface area contributed by atoms with Gasteiger partial charge in [0.2, 0.25) is 0 Å². The third-order valence-electron chi connectivity index (χ3n) is 10.5. The average molecular weight is 475 g/mol. The van der Waals surface area contributed by atoms with Crippen LogP contribution in [0.4, 0.5) is 0 Å². The fourth-order valence-electron chi connectivity index (χ4n) is 8.57. The monoisotopic (exact) mass is 474 g/mol. The standard InChI is InChI=1S/C28H42O6/c1-5-17-7-9-21-20-8-6-18-14-19(10-12-28(18,4)22(20)11-13-27(17,21)3)34-26-25(31)24(30)23(15-32-26)33-16(2)29/h5-6,17,19-26,30-31H,1,7-15H2,2-4H3/t17-,19-,20-,21-,22-,23+,24+,25-,26-,27+,28-/m0/s1. The van der Waals surface area contributed by atoms with E-state index in [4.69, 9.17) is 14.2 Å². The van der Waals surface area contributed by atoms with E-state index < -0.39 is 30.6 Å². The SMILES string of the molecule is C=C[C@H]1CC[C@H]2[C@@H]3CC=C4C[C@@H](O[C@@H]5OC[C@@H](OC(C)=O)[C@@H](O)[C@@H]5O)CC[C@]4(C)[C@H]3CC[C@]12C. The van der Waals surface area contributed by atoms with Gasteiger partial charge in [-0.1, -0.05) is 31.6 Å². The second-order valence-corrected chi connectivity index (χ2v) is 12.1. The first kappa shape index (κ1) is 24.5. The van der Waals surface area contributed by atoms with Crippen LogP contribution < -0.4 is 0 Å². The minimum atomic E-state index is -1.24. The Morgan fingerprint density at radius 3 is 2.68 bits per heavy atom. The van der Waals surface area contributed by atoms with Gasteiger partial charge in [0, 0.05) is 6.92 Å². The molecule has 3 saturated carbocycles. The molecule has 0 radical (unpaired) electrons. The van der Waals surface area contributed by atoms with Crippen LogP contribution in [0.5, 0.6) is 0 Å². The van der Waals surface area contributed by atoms with E-state index in [1.54, 1.807) is 0 Å². The van der Waals surface area contributed by atoms with Gasteiger partial charge in [0.15, 0.2) is 12.4 Å². The number of esters is 1. The molecule has 1 heterocycles. The number of aliphatic hydroxyl groups is 2. The van der Waals surface area contributed by atoms with Gasteiger partial charge >= 0.3 is 5.97 Å². The summed E-state index contributed by atoms with van der Waals surface area (Å²) >= 11 is 0. The zero-order valence-corrected chi connectivity index (χ0v) is 20.9. The van der Waals surface area contributed by atoms with Gasteiger partial charge in [-0.2, -0.15) is 0 Å². The van der Waals surface area contributed by atoms with Crippen LogP contribution in [-0.2, 0) is 19.0 Å². The molecule has 0 spiro atoms. The van der Waals surface area contributed by atoms with Gasteiger partial charge < -0.3 is 24.4 Å². The predicted molar refractivity (Wildman–Crippen MR) is 128 cm³/mol. The van der Waals surface area contributed by atoms with E-state index in [0.717, 1.165) is 43.4 Å². The Bertz CT molecular complexity index is 839. The molecule has 11 atom stereocenters. The number of ether oxygens (including phenoxy) is 3. The lowest BCUT2D eigenvalue weighted by atomic mass is 9.47. The molecule has 1 aliphatic heterocycles. The topological polar surface area (TPSA) is 85.2 Å². The van der Waals surface area contributed by atoms with Crippen molar-refractivity contribution in [1.82, 2.24) is 0 Å². The van der Waals surface area contributed by atoms with Gasteiger partial charge in [-0.25, -0.2) is 0 Å². The summed E-state index contributed by atoms with van der Waals surface area (Å²) in [5.74, 6) is 2.47. The first-order valence-electron chi connectivity index (χ1n) is 13.3. The summed E-state index contributed by atoms with van der Waals surface area (Å²) in [5.41, 5.74) is 2.16. The number of hydrogen-bond donors (Lipinski definition) is 2. The van der Waals surface area contributed by atoms with Crippen molar-refractivity contribution in [1.29, 1.82) is 0 Å². The van der Waals surface area contributed by atoms with Gasteiger partial charge in [0.25, 0.3) is 0 Å². The van der Waals surface area contributed by atoms with Gasteiger partial charge in [0.05, 0.1) is 12.7 Å². The molecule has 5 rings (SSSR count). The molecule has 0 aromatic carbocycles. The Balaban J connectivity index is 1.25. The van der Waals surface area contributed by atoms with E-state index in [0.29, 0.717) is 11.3 Å². The number of allylic oxidation sites excluding steroid dienone is 2. The summed E-state index contributed by atoms with van der Waals surface area (Å²) in [4.78, 5) is 11.2. The van der Waals surface area contributed by atoms with Gasteiger partial charge in [-0.05, 0) is 85.9 Å². The Morgan fingerprint density at radius 2 is 1.94 bits per heavy atom. The molecule has 1 saturated heterocycles. The Hall–Kier alpha value is -1.21. The van der Waals surface area contributed by atoms with Crippen LogP contribution in [0.1, 0.15) is 72.1 Å². The average Bonchev–Trinajstić information content (AvgIpc) is 3.15. The highest BCUT2D eigenvalue weighted by atomic mass is 16.7. The molecule has 0 aromatic heterocycles.